The first-order valence-corrected chi connectivity index (χ1v) is 4.70. The van der Waals surface area contributed by atoms with Crippen molar-refractivity contribution in [2.75, 3.05) is 0 Å². The third kappa shape index (κ3) is 1.35. The highest BCUT2D eigenvalue weighted by atomic mass is 16.3. The summed E-state index contributed by atoms with van der Waals surface area (Å²) in [5.41, 5.74) is 0.0270. The third-order valence-corrected chi connectivity index (χ3v) is 2.53. The van der Waals surface area contributed by atoms with E-state index in [1.54, 1.807) is 13.0 Å². The maximum absolute atomic E-state index is 11.7. The van der Waals surface area contributed by atoms with Crippen LogP contribution in [0.5, 0.6) is 17.2 Å². The van der Waals surface area contributed by atoms with Gasteiger partial charge in [-0.3, -0.25) is 4.79 Å². The minimum absolute atomic E-state index is 0.0694. The van der Waals surface area contributed by atoms with Crippen molar-refractivity contribution < 1.29 is 15.3 Å². The molecule has 2 aromatic rings. The number of hydrogen-bond donors (Lipinski definition) is 3. The molecule has 2 aromatic carbocycles. The lowest BCUT2D eigenvalue weighted by Gasteiger charge is -2.01. The van der Waals surface area contributed by atoms with Crippen LogP contribution in [0.15, 0.2) is 29.1 Å². The van der Waals surface area contributed by atoms with Crippen molar-refractivity contribution in [1.82, 2.24) is 0 Å². The van der Waals surface area contributed by atoms with Gasteiger partial charge in [0.15, 0.2) is 17.2 Å². The van der Waals surface area contributed by atoms with E-state index in [4.69, 9.17) is 0 Å². The van der Waals surface area contributed by atoms with E-state index in [0.717, 1.165) is 5.56 Å². The van der Waals surface area contributed by atoms with E-state index in [0.29, 0.717) is 5.39 Å². The van der Waals surface area contributed by atoms with Crippen molar-refractivity contribution in [3.8, 4) is 17.2 Å². The smallest absolute Gasteiger partial charge is 0.231 e. The molecular formula is C12H10O4. The Morgan fingerprint density at radius 2 is 1.56 bits per heavy atom. The summed E-state index contributed by atoms with van der Waals surface area (Å²) in [6, 6.07) is 5.69. The topological polar surface area (TPSA) is 77.8 Å². The highest BCUT2D eigenvalue weighted by molar-refractivity contribution is 5.92. The molecule has 0 bridgehead atoms. The monoisotopic (exact) mass is 218 g/mol. The highest BCUT2D eigenvalue weighted by Gasteiger charge is 2.11. The molecule has 0 aliphatic heterocycles. The molecule has 82 valence electrons. The van der Waals surface area contributed by atoms with Crippen molar-refractivity contribution >= 4 is 10.8 Å². The Kier molecular flexibility index (Phi) is 2.20. The lowest BCUT2D eigenvalue weighted by Crippen LogP contribution is -1.97. The fourth-order valence-electron chi connectivity index (χ4n) is 1.64. The van der Waals surface area contributed by atoms with E-state index in [-0.39, 0.29) is 11.1 Å². The van der Waals surface area contributed by atoms with Crippen molar-refractivity contribution in [1.29, 1.82) is 0 Å². The third-order valence-electron chi connectivity index (χ3n) is 2.53. The van der Waals surface area contributed by atoms with Gasteiger partial charge in [0.2, 0.25) is 5.43 Å². The molecule has 4 heteroatoms. The SMILES string of the molecule is Cc1ccc(O)c(=O)c2c(O)c(O)ccc12. The number of phenolic OH excluding ortho intramolecular Hbond substituents is 2. The second-order valence-corrected chi connectivity index (χ2v) is 3.59. The quantitative estimate of drug-likeness (QED) is 0.587. The van der Waals surface area contributed by atoms with Crippen LogP contribution in [-0.4, -0.2) is 15.3 Å². The van der Waals surface area contributed by atoms with Crippen molar-refractivity contribution in [3.63, 3.8) is 0 Å². The van der Waals surface area contributed by atoms with Crippen LogP contribution < -0.4 is 5.43 Å². The van der Waals surface area contributed by atoms with Gasteiger partial charge in [-0.1, -0.05) is 12.1 Å². The van der Waals surface area contributed by atoms with Crippen LogP contribution in [0.3, 0.4) is 0 Å². The molecule has 0 aromatic heterocycles. The Balaban J connectivity index is 3.18. The van der Waals surface area contributed by atoms with Gasteiger partial charge in [0.05, 0.1) is 5.39 Å². The number of hydrogen-bond acceptors (Lipinski definition) is 4. The van der Waals surface area contributed by atoms with Crippen LogP contribution in [-0.2, 0) is 0 Å². The van der Waals surface area contributed by atoms with Crippen LogP contribution in [0.2, 0.25) is 0 Å². The number of rotatable bonds is 0. The van der Waals surface area contributed by atoms with E-state index in [2.05, 4.69) is 0 Å². The van der Waals surface area contributed by atoms with Gasteiger partial charge in [0, 0.05) is 0 Å². The van der Waals surface area contributed by atoms with E-state index < -0.39 is 16.9 Å². The molecule has 16 heavy (non-hydrogen) atoms. The van der Waals surface area contributed by atoms with Gasteiger partial charge in [0.1, 0.15) is 0 Å². The van der Waals surface area contributed by atoms with Gasteiger partial charge in [-0.15, -0.1) is 0 Å². The molecule has 0 aliphatic carbocycles. The van der Waals surface area contributed by atoms with Crippen molar-refractivity contribution in [2.45, 2.75) is 6.92 Å². The first-order chi connectivity index (χ1) is 7.52. The summed E-state index contributed by atoms with van der Waals surface area (Å²) < 4.78 is 0. The molecule has 0 atom stereocenters. The van der Waals surface area contributed by atoms with Crippen LogP contribution in [0.25, 0.3) is 10.8 Å². The Morgan fingerprint density at radius 1 is 0.938 bits per heavy atom. The fraction of sp³-hybridized carbons (Fsp3) is 0.0833. The second kappa shape index (κ2) is 3.41. The molecular weight excluding hydrogens is 208 g/mol. The first-order valence-electron chi connectivity index (χ1n) is 4.70. The Labute approximate surface area is 91.0 Å². The van der Waals surface area contributed by atoms with Crippen molar-refractivity contribution in [3.05, 3.63) is 40.1 Å². The summed E-state index contributed by atoms with van der Waals surface area (Å²) in [4.78, 5) is 11.7. The largest absolute Gasteiger partial charge is 0.504 e. The zero-order chi connectivity index (χ0) is 11.9. The maximum atomic E-state index is 11.7. The number of benzene rings is 1. The molecule has 0 saturated carbocycles. The standard InChI is InChI=1S/C12H10O4/c1-6-2-4-8(13)11(15)10-7(6)3-5-9(14)12(10)16/h2-5,14,16H,1H3,(H,13,15). The predicted molar refractivity (Wildman–Crippen MR) is 59.9 cm³/mol. The minimum atomic E-state index is -0.698. The zero-order valence-corrected chi connectivity index (χ0v) is 8.56. The van der Waals surface area contributed by atoms with Gasteiger partial charge < -0.3 is 15.3 Å². The second-order valence-electron chi connectivity index (χ2n) is 3.59. The molecule has 0 unspecified atom stereocenters. The normalized spacial score (nSPS) is 10.6. The summed E-state index contributed by atoms with van der Waals surface area (Å²) >= 11 is 0. The van der Waals surface area contributed by atoms with E-state index >= 15 is 0 Å². The summed E-state index contributed by atoms with van der Waals surface area (Å²) in [5.74, 6) is -1.34. The van der Waals surface area contributed by atoms with Gasteiger partial charge in [0.25, 0.3) is 0 Å². The molecule has 0 aliphatic rings. The predicted octanol–water partition coefficient (Wildman–Crippen LogP) is 1.63. The average molecular weight is 218 g/mol. The Hall–Kier alpha value is -2.23. The van der Waals surface area contributed by atoms with Gasteiger partial charge in [-0.05, 0) is 30.0 Å². The minimum Gasteiger partial charge on any atom is -0.504 e. The molecule has 4 nitrogen and oxygen atoms in total. The molecule has 0 fully saturated rings. The van der Waals surface area contributed by atoms with Gasteiger partial charge in [-0.25, -0.2) is 0 Å². The van der Waals surface area contributed by atoms with E-state index in [1.807, 2.05) is 0 Å². The first kappa shape index (κ1) is 10.3. The summed E-state index contributed by atoms with van der Waals surface area (Å²) in [5, 5.41) is 28.8. The summed E-state index contributed by atoms with van der Waals surface area (Å²) in [6.45, 7) is 1.75. The molecule has 0 saturated heterocycles. The Bertz CT molecular complexity index is 632. The maximum Gasteiger partial charge on any atom is 0.231 e. The molecule has 0 spiro atoms. The van der Waals surface area contributed by atoms with Crippen LogP contribution >= 0.6 is 0 Å². The summed E-state index contributed by atoms with van der Waals surface area (Å²) in [7, 11) is 0. The lowest BCUT2D eigenvalue weighted by molar-refractivity contribution is 0.407. The van der Waals surface area contributed by atoms with Gasteiger partial charge in [-0.2, -0.15) is 0 Å². The number of phenols is 2. The molecule has 3 N–H and O–H groups in total. The van der Waals surface area contributed by atoms with Crippen molar-refractivity contribution in [2.24, 2.45) is 0 Å². The number of aryl methyl sites for hydroxylation is 1. The van der Waals surface area contributed by atoms with Crippen LogP contribution in [0.4, 0.5) is 0 Å². The zero-order valence-electron chi connectivity index (χ0n) is 8.56. The van der Waals surface area contributed by atoms with Crippen LogP contribution in [0.1, 0.15) is 5.56 Å². The Morgan fingerprint density at radius 3 is 2.25 bits per heavy atom. The molecule has 0 amide bonds. The fourth-order valence-corrected chi connectivity index (χ4v) is 1.64. The highest BCUT2D eigenvalue weighted by Crippen LogP contribution is 2.32. The molecule has 0 radical (unpaired) electrons. The van der Waals surface area contributed by atoms with Crippen LogP contribution in [0, 0.1) is 6.92 Å². The lowest BCUT2D eigenvalue weighted by atomic mass is 10.1. The number of aromatic hydroxyl groups is 3. The van der Waals surface area contributed by atoms with E-state index in [9.17, 15) is 20.1 Å². The molecule has 0 heterocycles. The van der Waals surface area contributed by atoms with Gasteiger partial charge >= 0.3 is 0 Å². The van der Waals surface area contributed by atoms with E-state index in [1.165, 1.54) is 18.2 Å². The summed E-state index contributed by atoms with van der Waals surface area (Å²) in [6.07, 6.45) is 0. The number of fused-ring (bicyclic) bond motifs is 1. The average Bonchev–Trinajstić information content (AvgIpc) is 2.36. The molecule has 2 rings (SSSR count).